The van der Waals surface area contributed by atoms with Crippen molar-refractivity contribution < 1.29 is 23.5 Å². The van der Waals surface area contributed by atoms with Gasteiger partial charge < -0.3 is 18.7 Å². The number of hydrogen-bond acceptors (Lipinski definition) is 4. The minimum absolute atomic E-state index is 0.345. The maximum Gasteiger partial charge on any atom is 0.530 e. The zero-order valence-electron chi connectivity index (χ0n) is 28.3. The lowest BCUT2D eigenvalue weighted by molar-refractivity contribution is -0.137. The molecule has 0 aromatic heterocycles. The lowest BCUT2D eigenvalue weighted by atomic mass is 10.0. The molecule has 0 amide bonds. The molecule has 0 fully saturated rings. The van der Waals surface area contributed by atoms with Crippen LogP contribution < -0.4 is 13.6 Å². The molecule has 0 aliphatic rings. The average molecular weight is 637 g/mol. The van der Waals surface area contributed by atoms with E-state index in [0.29, 0.717) is 6.42 Å². The van der Waals surface area contributed by atoms with Crippen molar-refractivity contribution in [1.82, 2.24) is 0 Å². The van der Waals surface area contributed by atoms with Crippen molar-refractivity contribution in [3.63, 3.8) is 0 Å². The Kier molecular flexibility index (Phi) is 20.5. The molecule has 0 aliphatic heterocycles. The Morgan fingerprint density at radius 1 is 0.489 bits per heavy atom. The molecule has 0 saturated heterocycles. The number of carboxylic acids is 1. The molecular weight excluding hydrogens is 579 g/mol. The van der Waals surface area contributed by atoms with Crippen molar-refractivity contribution in [3.05, 3.63) is 89.5 Å². The number of unbranched alkanes of at least 4 members (excludes halogenated alkanes) is 14. The summed E-state index contributed by atoms with van der Waals surface area (Å²) in [5.41, 5.74) is 3.53. The van der Waals surface area contributed by atoms with Crippen LogP contribution in [0.15, 0.2) is 72.8 Å². The Hall–Kier alpha value is -3.04. The summed E-state index contributed by atoms with van der Waals surface area (Å²) in [5.74, 6) is 1.50. The third kappa shape index (κ3) is 19.9. The molecule has 5 nitrogen and oxygen atoms in total. The number of hydrogen-bond donors (Lipinski definition) is 1. The summed E-state index contributed by atoms with van der Waals surface area (Å²) in [6.45, 7) is 8.39. The standard InChI is InChI=1S/C21H21O3P.C18H36O2/c1-16-4-10-19(11-5-16)22-25(23-20-12-6-17(2)7-13-20)24-21-14-8-18(3)9-15-21;1-2-3-4-5-6-7-8-9-10-11-12-13-14-15-16-17-18(19)20/h4-15H,1-3H3;2-17H2,1H3,(H,19,20). The van der Waals surface area contributed by atoms with Crippen molar-refractivity contribution >= 4 is 14.6 Å². The van der Waals surface area contributed by atoms with Crippen molar-refractivity contribution in [2.75, 3.05) is 0 Å². The van der Waals surface area contributed by atoms with Crippen LogP contribution >= 0.6 is 8.60 Å². The number of rotatable bonds is 22. The van der Waals surface area contributed by atoms with Gasteiger partial charge in [-0.3, -0.25) is 4.79 Å². The molecule has 3 rings (SSSR count). The van der Waals surface area contributed by atoms with Crippen molar-refractivity contribution in [3.8, 4) is 17.2 Å². The van der Waals surface area contributed by atoms with Gasteiger partial charge in [0.1, 0.15) is 17.2 Å². The van der Waals surface area contributed by atoms with Crippen LogP contribution in [-0.4, -0.2) is 11.1 Å². The lowest BCUT2D eigenvalue weighted by Crippen LogP contribution is -2.02. The first kappa shape index (κ1) is 38.1. The smallest absolute Gasteiger partial charge is 0.481 e. The number of aryl methyl sites for hydroxylation is 3. The first-order valence-corrected chi connectivity index (χ1v) is 18.2. The van der Waals surface area contributed by atoms with E-state index in [4.69, 9.17) is 18.7 Å². The summed E-state index contributed by atoms with van der Waals surface area (Å²) in [4.78, 5) is 10.3. The molecule has 0 spiro atoms. The molecule has 0 saturated carbocycles. The zero-order chi connectivity index (χ0) is 32.5. The quantitative estimate of drug-likeness (QED) is 0.0878. The first-order valence-electron chi connectivity index (χ1n) is 17.1. The Morgan fingerprint density at radius 3 is 1.02 bits per heavy atom. The van der Waals surface area contributed by atoms with E-state index in [-0.39, 0.29) is 0 Å². The lowest BCUT2D eigenvalue weighted by Gasteiger charge is -2.18. The van der Waals surface area contributed by atoms with Gasteiger partial charge in [-0.1, -0.05) is 150 Å². The van der Waals surface area contributed by atoms with E-state index in [1.54, 1.807) is 0 Å². The summed E-state index contributed by atoms with van der Waals surface area (Å²) < 4.78 is 17.9. The highest BCUT2D eigenvalue weighted by Crippen LogP contribution is 2.42. The minimum Gasteiger partial charge on any atom is -0.481 e. The summed E-state index contributed by atoms with van der Waals surface area (Å²) in [6, 6.07) is 23.5. The predicted molar refractivity (Wildman–Crippen MR) is 190 cm³/mol. The van der Waals surface area contributed by atoms with E-state index in [2.05, 4.69) is 6.92 Å². The molecule has 0 unspecified atom stereocenters. The maximum atomic E-state index is 10.3. The molecule has 0 heterocycles. The molecule has 45 heavy (non-hydrogen) atoms. The van der Waals surface area contributed by atoms with Crippen LogP contribution in [0.4, 0.5) is 0 Å². The molecule has 6 heteroatoms. The fourth-order valence-electron chi connectivity index (χ4n) is 4.76. The Morgan fingerprint density at radius 2 is 0.756 bits per heavy atom. The monoisotopic (exact) mass is 636 g/mol. The molecule has 3 aromatic carbocycles. The molecule has 1 N–H and O–H groups in total. The molecule has 0 bridgehead atoms. The molecular formula is C39H57O5P. The van der Waals surface area contributed by atoms with E-state index < -0.39 is 14.6 Å². The van der Waals surface area contributed by atoms with Gasteiger partial charge in [0.05, 0.1) is 0 Å². The van der Waals surface area contributed by atoms with Crippen LogP contribution in [0, 0.1) is 20.8 Å². The van der Waals surface area contributed by atoms with Gasteiger partial charge in [-0.15, -0.1) is 0 Å². The largest absolute Gasteiger partial charge is 0.530 e. The fraction of sp³-hybridized carbons (Fsp3) is 0.513. The third-order valence-electron chi connectivity index (χ3n) is 7.60. The minimum atomic E-state index is -1.62. The van der Waals surface area contributed by atoms with Crippen molar-refractivity contribution in [1.29, 1.82) is 0 Å². The highest BCUT2D eigenvalue weighted by molar-refractivity contribution is 7.43. The van der Waals surface area contributed by atoms with Crippen LogP contribution in [0.2, 0.25) is 0 Å². The molecule has 3 aromatic rings. The highest BCUT2D eigenvalue weighted by Gasteiger charge is 2.19. The topological polar surface area (TPSA) is 65.0 Å². The molecule has 0 aliphatic carbocycles. The summed E-state index contributed by atoms with van der Waals surface area (Å²) in [5, 5.41) is 8.52. The summed E-state index contributed by atoms with van der Waals surface area (Å²) >= 11 is 0. The Bertz CT molecular complexity index is 1030. The second kappa shape index (κ2) is 24.2. The predicted octanol–water partition coefficient (Wildman–Crippen LogP) is 12.7. The first-order chi connectivity index (χ1) is 21.9. The van der Waals surface area contributed by atoms with Crippen molar-refractivity contribution in [2.45, 2.75) is 130 Å². The number of carboxylic acid groups (broad SMARTS) is 1. The second-order valence-electron chi connectivity index (χ2n) is 12.0. The highest BCUT2D eigenvalue weighted by atomic mass is 31.2. The van der Waals surface area contributed by atoms with E-state index in [9.17, 15) is 4.79 Å². The zero-order valence-corrected chi connectivity index (χ0v) is 29.2. The van der Waals surface area contributed by atoms with Gasteiger partial charge in [-0.2, -0.15) is 0 Å². The van der Waals surface area contributed by atoms with Gasteiger partial charge in [-0.05, 0) is 63.6 Å². The molecule has 0 radical (unpaired) electrons. The molecule has 248 valence electrons. The van der Waals surface area contributed by atoms with Crippen LogP contribution in [-0.2, 0) is 4.79 Å². The van der Waals surface area contributed by atoms with Gasteiger partial charge in [0.15, 0.2) is 0 Å². The van der Waals surface area contributed by atoms with Gasteiger partial charge in [0, 0.05) is 6.42 Å². The Balaban J connectivity index is 0.000000324. The van der Waals surface area contributed by atoms with Crippen LogP contribution in [0.25, 0.3) is 0 Å². The third-order valence-corrected chi connectivity index (χ3v) is 8.68. The van der Waals surface area contributed by atoms with E-state index >= 15 is 0 Å². The van der Waals surface area contributed by atoms with Crippen molar-refractivity contribution in [2.24, 2.45) is 0 Å². The van der Waals surface area contributed by atoms with Gasteiger partial charge >= 0.3 is 14.6 Å². The van der Waals surface area contributed by atoms with Crippen LogP contribution in [0.5, 0.6) is 17.2 Å². The Labute approximate surface area is 274 Å². The number of aliphatic carboxylic acids is 1. The van der Waals surface area contributed by atoms with Crippen LogP contribution in [0.3, 0.4) is 0 Å². The SMILES string of the molecule is CCCCCCCCCCCCCCCCCC(=O)O.Cc1ccc(OP(Oc2ccc(C)cc2)Oc2ccc(C)cc2)cc1. The normalized spacial score (nSPS) is 10.7. The number of benzene rings is 3. The number of carbonyl (C=O) groups is 1. The van der Waals surface area contributed by atoms with E-state index in [1.807, 2.05) is 93.6 Å². The fourth-order valence-corrected chi connectivity index (χ4v) is 5.75. The van der Waals surface area contributed by atoms with E-state index in [1.165, 1.54) is 100 Å². The maximum absolute atomic E-state index is 10.3. The van der Waals surface area contributed by atoms with Crippen LogP contribution in [0.1, 0.15) is 126 Å². The van der Waals surface area contributed by atoms with E-state index in [0.717, 1.165) is 30.1 Å². The summed E-state index contributed by atoms with van der Waals surface area (Å²) in [6.07, 6.45) is 20.2. The second-order valence-corrected chi connectivity index (χ2v) is 13.0. The average Bonchev–Trinajstić information content (AvgIpc) is 3.02. The van der Waals surface area contributed by atoms with Gasteiger partial charge in [0.2, 0.25) is 0 Å². The summed E-state index contributed by atoms with van der Waals surface area (Å²) in [7, 11) is -1.62. The van der Waals surface area contributed by atoms with Gasteiger partial charge in [0.25, 0.3) is 0 Å². The molecule has 0 atom stereocenters. The van der Waals surface area contributed by atoms with Gasteiger partial charge in [-0.25, -0.2) is 0 Å².